The van der Waals surface area contributed by atoms with Crippen molar-refractivity contribution in [2.24, 2.45) is 5.92 Å². The summed E-state index contributed by atoms with van der Waals surface area (Å²) in [6.45, 7) is 2.46. The van der Waals surface area contributed by atoms with E-state index >= 15 is 0 Å². The van der Waals surface area contributed by atoms with Crippen molar-refractivity contribution >= 4 is 11.8 Å². The Bertz CT molecular complexity index is 587. The Morgan fingerprint density at radius 1 is 1.43 bits per heavy atom. The first-order valence-electron chi connectivity index (χ1n) is 7.49. The Balaban J connectivity index is 1.93. The zero-order valence-corrected chi connectivity index (χ0v) is 12.7. The second-order valence-electron chi connectivity index (χ2n) is 5.81. The molecule has 2 amide bonds. The van der Waals surface area contributed by atoms with Gasteiger partial charge in [0.15, 0.2) is 0 Å². The van der Waals surface area contributed by atoms with Crippen LogP contribution < -0.4 is 10.6 Å². The topological polar surface area (TPSA) is 58.2 Å². The van der Waals surface area contributed by atoms with Gasteiger partial charge < -0.3 is 10.6 Å². The minimum absolute atomic E-state index is 0.151. The number of carbonyl (C=O) groups excluding carboxylic acids is 2. The maximum absolute atomic E-state index is 12.7. The lowest BCUT2D eigenvalue weighted by atomic mass is 9.95. The van der Waals surface area contributed by atoms with Crippen molar-refractivity contribution in [2.75, 3.05) is 13.1 Å². The molecule has 4 nitrogen and oxygen atoms in total. The van der Waals surface area contributed by atoms with Gasteiger partial charge in [-0.1, -0.05) is 25.1 Å². The summed E-state index contributed by atoms with van der Waals surface area (Å²) in [5, 5.41) is 5.38. The molecular formula is C16H19F3N2O2. The molecule has 1 aliphatic heterocycles. The van der Waals surface area contributed by atoms with Crippen molar-refractivity contribution < 1.29 is 22.8 Å². The number of nitrogens with one attached hydrogen (secondary N) is 2. The lowest BCUT2D eigenvalue weighted by molar-refractivity contribution is -0.137. The lowest BCUT2D eigenvalue weighted by Gasteiger charge is -2.22. The fourth-order valence-electron chi connectivity index (χ4n) is 2.55. The van der Waals surface area contributed by atoms with E-state index < -0.39 is 11.7 Å². The molecule has 0 unspecified atom stereocenters. The van der Waals surface area contributed by atoms with Crippen LogP contribution in [0.1, 0.15) is 36.8 Å². The molecule has 7 heteroatoms. The van der Waals surface area contributed by atoms with E-state index in [2.05, 4.69) is 10.6 Å². The summed E-state index contributed by atoms with van der Waals surface area (Å²) in [7, 11) is 0. The van der Waals surface area contributed by atoms with Crippen LogP contribution in [0.15, 0.2) is 24.3 Å². The molecule has 2 N–H and O–H groups in total. The summed E-state index contributed by atoms with van der Waals surface area (Å²) in [5.74, 6) is -0.989. The van der Waals surface area contributed by atoms with Crippen molar-refractivity contribution in [1.29, 1.82) is 0 Å². The first-order valence-corrected chi connectivity index (χ1v) is 7.49. The molecule has 0 aliphatic carbocycles. The number of alkyl halides is 3. The monoisotopic (exact) mass is 328 g/mol. The van der Waals surface area contributed by atoms with Crippen LogP contribution in [0.5, 0.6) is 0 Å². The van der Waals surface area contributed by atoms with Crippen LogP contribution >= 0.6 is 0 Å². The van der Waals surface area contributed by atoms with Gasteiger partial charge in [0.25, 0.3) is 0 Å². The SMILES string of the molecule is C[C@H](CNC(=O)[C@H]1CCNC(=O)C1)c1cccc(C(F)(F)F)c1. The quantitative estimate of drug-likeness (QED) is 0.892. The second kappa shape index (κ2) is 7.02. The molecule has 0 radical (unpaired) electrons. The first-order chi connectivity index (χ1) is 10.8. The van der Waals surface area contributed by atoms with Gasteiger partial charge in [-0.3, -0.25) is 9.59 Å². The molecule has 0 aromatic heterocycles. The van der Waals surface area contributed by atoms with Crippen LogP contribution in [0.4, 0.5) is 13.2 Å². The van der Waals surface area contributed by atoms with Gasteiger partial charge in [-0.25, -0.2) is 0 Å². The fourth-order valence-corrected chi connectivity index (χ4v) is 2.55. The molecular weight excluding hydrogens is 309 g/mol. The van der Waals surface area contributed by atoms with Gasteiger partial charge in [0.1, 0.15) is 0 Å². The summed E-state index contributed by atoms with van der Waals surface area (Å²) in [6, 6.07) is 5.10. The Kier molecular flexibility index (Phi) is 5.28. The molecule has 2 rings (SSSR count). The van der Waals surface area contributed by atoms with E-state index in [1.54, 1.807) is 13.0 Å². The third kappa shape index (κ3) is 4.71. The van der Waals surface area contributed by atoms with Crippen LogP contribution in [-0.4, -0.2) is 24.9 Å². The van der Waals surface area contributed by atoms with E-state index in [0.717, 1.165) is 12.1 Å². The average Bonchev–Trinajstić information content (AvgIpc) is 2.51. The number of hydrogen-bond donors (Lipinski definition) is 2. The number of amides is 2. The van der Waals surface area contributed by atoms with Crippen LogP contribution in [-0.2, 0) is 15.8 Å². The van der Waals surface area contributed by atoms with E-state index in [0.29, 0.717) is 18.5 Å². The number of carbonyl (C=O) groups is 2. The summed E-state index contributed by atoms with van der Waals surface area (Å²) >= 11 is 0. The molecule has 2 atom stereocenters. The van der Waals surface area contributed by atoms with Gasteiger partial charge >= 0.3 is 6.18 Å². The highest BCUT2D eigenvalue weighted by molar-refractivity contribution is 5.86. The molecule has 1 heterocycles. The summed E-state index contributed by atoms with van der Waals surface area (Å²) < 4.78 is 38.2. The van der Waals surface area contributed by atoms with E-state index in [1.807, 2.05) is 0 Å². The normalized spacial score (nSPS) is 19.8. The molecule has 126 valence electrons. The smallest absolute Gasteiger partial charge is 0.356 e. The number of rotatable bonds is 4. The predicted octanol–water partition coefficient (Wildman–Crippen LogP) is 2.45. The van der Waals surface area contributed by atoms with Crippen molar-refractivity contribution in [2.45, 2.75) is 31.9 Å². The summed E-state index contributed by atoms with van der Waals surface area (Å²) in [4.78, 5) is 23.3. The Morgan fingerprint density at radius 3 is 2.83 bits per heavy atom. The largest absolute Gasteiger partial charge is 0.416 e. The van der Waals surface area contributed by atoms with E-state index in [1.165, 1.54) is 6.07 Å². The first kappa shape index (κ1) is 17.3. The van der Waals surface area contributed by atoms with Gasteiger partial charge in [-0.05, 0) is 24.0 Å². The Hall–Kier alpha value is -2.05. The van der Waals surface area contributed by atoms with Crippen molar-refractivity contribution in [1.82, 2.24) is 10.6 Å². The van der Waals surface area contributed by atoms with E-state index in [4.69, 9.17) is 0 Å². The fraction of sp³-hybridized carbons (Fsp3) is 0.500. The van der Waals surface area contributed by atoms with Crippen LogP contribution in [0.3, 0.4) is 0 Å². The lowest BCUT2D eigenvalue weighted by Crippen LogP contribution is -2.41. The maximum Gasteiger partial charge on any atom is 0.416 e. The van der Waals surface area contributed by atoms with Crippen molar-refractivity contribution in [3.63, 3.8) is 0 Å². The summed E-state index contributed by atoms with van der Waals surface area (Å²) in [6.07, 6.45) is -3.65. The average molecular weight is 328 g/mol. The molecule has 1 saturated heterocycles. The van der Waals surface area contributed by atoms with Gasteiger partial charge in [-0.2, -0.15) is 13.2 Å². The summed E-state index contributed by atoms with van der Waals surface area (Å²) in [5.41, 5.74) is -0.182. The van der Waals surface area contributed by atoms with E-state index in [9.17, 15) is 22.8 Å². The molecule has 1 aromatic carbocycles. The predicted molar refractivity (Wildman–Crippen MR) is 78.6 cm³/mol. The number of hydrogen-bond acceptors (Lipinski definition) is 2. The molecule has 23 heavy (non-hydrogen) atoms. The maximum atomic E-state index is 12.7. The Morgan fingerprint density at radius 2 is 2.17 bits per heavy atom. The van der Waals surface area contributed by atoms with Gasteiger partial charge in [-0.15, -0.1) is 0 Å². The minimum atomic E-state index is -4.38. The third-order valence-corrected chi connectivity index (χ3v) is 3.98. The van der Waals surface area contributed by atoms with Crippen molar-refractivity contribution in [3.05, 3.63) is 35.4 Å². The zero-order chi connectivity index (χ0) is 17.0. The molecule has 1 fully saturated rings. The molecule has 0 bridgehead atoms. The second-order valence-corrected chi connectivity index (χ2v) is 5.81. The highest BCUT2D eigenvalue weighted by Gasteiger charge is 2.31. The van der Waals surface area contributed by atoms with Crippen molar-refractivity contribution in [3.8, 4) is 0 Å². The zero-order valence-electron chi connectivity index (χ0n) is 12.7. The van der Waals surface area contributed by atoms with Gasteiger partial charge in [0, 0.05) is 25.4 Å². The number of benzene rings is 1. The molecule has 0 saturated carbocycles. The van der Waals surface area contributed by atoms with Crippen LogP contribution in [0.2, 0.25) is 0 Å². The highest BCUT2D eigenvalue weighted by Crippen LogP contribution is 2.31. The highest BCUT2D eigenvalue weighted by atomic mass is 19.4. The number of halogens is 3. The molecule has 0 spiro atoms. The van der Waals surface area contributed by atoms with E-state index in [-0.39, 0.29) is 36.6 Å². The van der Waals surface area contributed by atoms with Gasteiger partial charge in [0.05, 0.1) is 5.56 Å². The Labute approximate surface area is 132 Å². The number of piperidine rings is 1. The van der Waals surface area contributed by atoms with Gasteiger partial charge in [0.2, 0.25) is 11.8 Å². The third-order valence-electron chi connectivity index (χ3n) is 3.98. The standard InChI is InChI=1S/C16H19F3N2O2/c1-10(11-3-2-4-13(7-11)16(17,18)19)9-21-15(23)12-5-6-20-14(22)8-12/h2-4,7,10,12H,5-6,8-9H2,1H3,(H,20,22)(H,21,23)/t10-,12+/m1/s1. The van der Waals surface area contributed by atoms with Crippen LogP contribution in [0, 0.1) is 5.92 Å². The molecule has 1 aliphatic rings. The molecule has 1 aromatic rings. The van der Waals surface area contributed by atoms with Crippen LogP contribution in [0.25, 0.3) is 0 Å². The minimum Gasteiger partial charge on any atom is -0.356 e.